The summed E-state index contributed by atoms with van der Waals surface area (Å²) >= 11 is 3.55. The Kier molecular flexibility index (Phi) is 12.2. The molecule has 3 aliphatic heterocycles. The molecule has 1 aromatic heterocycles. The number of likely N-dealkylation sites (tertiary alicyclic amines) is 1. The number of amides is 1. The summed E-state index contributed by atoms with van der Waals surface area (Å²) in [5.74, 6) is 0.857. The number of aryl methyl sites for hydroxylation is 2. The monoisotopic (exact) mass is 831 g/mol. The number of piperazine rings is 1. The maximum Gasteiger partial charge on any atom is 0.410 e. The SMILES string of the molecule is Cc1cccc2cccc(Br)c12.Cc1cccc2cccc(N3CCc4c(nc(OC[C@@H]5CCCN5C)nc4N4CCN(C(=O)OC(C)(C)C)C(CC#N)C4)C3)c12. The zero-order chi connectivity index (χ0) is 40.3. The van der Waals surface area contributed by atoms with Crippen LogP contribution in [0.4, 0.5) is 16.3 Å². The largest absolute Gasteiger partial charge is 0.462 e. The minimum absolute atomic E-state index is 0.217. The van der Waals surface area contributed by atoms with Crippen LogP contribution in [0, 0.1) is 25.2 Å². The number of aromatic nitrogens is 2. The number of anilines is 2. The Morgan fingerprint density at radius 1 is 0.877 bits per heavy atom. The van der Waals surface area contributed by atoms with Gasteiger partial charge in [0, 0.05) is 53.3 Å². The zero-order valence-corrected chi connectivity index (χ0v) is 35.7. The second-order valence-corrected chi connectivity index (χ2v) is 17.4. The third kappa shape index (κ3) is 9.13. The summed E-state index contributed by atoms with van der Waals surface area (Å²) in [5.41, 5.74) is 5.28. The van der Waals surface area contributed by atoms with E-state index in [0.717, 1.165) is 43.0 Å². The number of hydrogen-bond acceptors (Lipinski definition) is 9. The van der Waals surface area contributed by atoms with Crippen molar-refractivity contribution in [1.82, 2.24) is 19.8 Å². The van der Waals surface area contributed by atoms with Gasteiger partial charge in [-0.25, -0.2) is 4.79 Å². The Hall–Kier alpha value is -4.92. The fraction of sp³-hybridized carbons (Fsp3) is 0.435. The van der Waals surface area contributed by atoms with Crippen LogP contribution in [0.15, 0.2) is 77.3 Å². The Morgan fingerprint density at radius 3 is 2.23 bits per heavy atom. The van der Waals surface area contributed by atoms with E-state index in [1.807, 2.05) is 20.8 Å². The minimum atomic E-state index is -0.606. The fourth-order valence-corrected chi connectivity index (χ4v) is 9.11. The number of ether oxygens (including phenoxy) is 2. The van der Waals surface area contributed by atoms with E-state index in [1.165, 1.54) is 49.3 Å². The fourth-order valence-electron chi connectivity index (χ4n) is 8.41. The topological polar surface area (TPSA) is 98.1 Å². The maximum atomic E-state index is 13.1. The van der Waals surface area contributed by atoms with Crippen LogP contribution in [0.25, 0.3) is 21.5 Å². The first kappa shape index (κ1) is 40.3. The first-order valence-corrected chi connectivity index (χ1v) is 20.9. The van der Waals surface area contributed by atoms with E-state index in [-0.39, 0.29) is 18.6 Å². The molecule has 5 aromatic rings. The van der Waals surface area contributed by atoms with Gasteiger partial charge in [0.25, 0.3) is 0 Å². The number of halogens is 1. The van der Waals surface area contributed by atoms with Crippen LogP contribution < -0.4 is 14.5 Å². The van der Waals surface area contributed by atoms with Crippen molar-refractivity contribution in [3.8, 4) is 12.1 Å². The predicted molar refractivity (Wildman–Crippen MR) is 232 cm³/mol. The van der Waals surface area contributed by atoms with Gasteiger partial charge in [0.2, 0.25) is 0 Å². The number of carbonyl (C=O) groups is 1. The maximum absolute atomic E-state index is 13.1. The van der Waals surface area contributed by atoms with Gasteiger partial charge in [0.1, 0.15) is 18.0 Å². The summed E-state index contributed by atoms with van der Waals surface area (Å²) < 4.78 is 13.2. The normalized spacial score (nSPS) is 18.5. The van der Waals surface area contributed by atoms with Gasteiger partial charge in [-0.3, -0.25) is 0 Å². The van der Waals surface area contributed by atoms with E-state index >= 15 is 0 Å². The van der Waals surface area contributed by atoms with Crippen molar-refractivity contribution in [2.24, 2.45) is 0 Å². The molecule has 0 N–H and O–H groups in total. The molecule has 0 bridgehead atoms. The molecule has 2 atom stereocenters. The van der Waals surface area contributed by atoms with Gasteiger partial charge in [-0.05, 0) is 107 Å². The van der Waals surface area contributed by atoms with Crippen molar-refractivity contribution in [1.29, 1.82) is 5.26 Å². The Labute approximate surface area is 345 Å². The van der Waals surface area contributed by atoms with Gasteiger partial charge in [0.05, 0.1) is 30.8 Å². The average molecular weight is 833 g/mol. The van der Waals surface area contributed by atoms with Gasteiger partial charge in [-0.1, -0.05) is 76.6 Å². The number of nitrogens with zero attached hydrogens (tertiary/aromatic N) is 7. The summed E-state index contributed by atoms with van der Waals surface area (Å²) in [6, 6.07) is 28.3. The second kappa shape index (κ2) is 17.3. The molecular weight excluding hydrogens is 778 g/mol. The Balaban J connectivity index is 0.000000351. The quantitative estimate of drug-likeness (QED) is 0.166. The molecule has 11 heteroatoms. The highest BCUT2D eigenvalue weighted by Gasteiger charge is 2.36. The molecule has 0 saturated carbocycles. The van der Waals surface area contributed by atoms with Crippen LogP contribution >= 0.6 is 15.9 Å². The Morgan fingerprint density at radius 2 is 1.56 bits per heavy atom. The minimum Gasteiger partial charge on any atom is -0.462 e. The molecule has 3 aliphatic rings. The third-order valence-corrected chi connectivity index (χ3v) is 12.0. The van der Waals surface area contributed by atoms with Crippen LogP contribution in [-0.4, -0.2) is 89.9 Å². The number of fused-ring (bicyclic) bond motifs is 3. The van der Waals surface area contributed by atoms with Crippen LogP contribution in [0.1, 0.15) is 62.4 Å². The van der Waals surface area contributed by atoms with Crippen LogP contribution in [0.3, 0.4) is 0 Å². The zero-order valence-electron chi connectivity index (χ0n) is 34.1. The molecule has 8 rings (SSSR count). The number of carbonyl (C=O) groups excluding carboxylic acids is 1. The first-order chi connectivity index (χ1) is 27.4. The van der Waals surface area contributed by atoms with E-state index in [2.05, 4.69) is 130 Å². The van der Waals surface area contributed by atoms with Crippen molar-refractivity contribution in [3.05, 3.63) is 99.7 Å². The third-order valence-electron chi connectivity index (χ3n) is 11.3. The molecular formula is C46H54BrN7O3. The van der Waals surface area contributed by atoms with Gasteiger partial charge in [-0.2, -0.15) is 15.2 Å². The lowest BCUT2D eigenvalue weighted by atomic mass is 9.99. The van der Waals surface area contributed by atoms with E-state index < -0.39 is 5.60 Å². The number of likely N-dealkylation sites (N-methyl/N-ethyl adjacent to an activating group) is 1. The molecule has 0 aliphatic carbocycles. The van der Waals surface area contributed by atoms with Gasteiger partial charge >= 0.3 is 12.1 Å². The molecule has 1 unspecified atom stereocenters. The number of nitriles is 1. The summed E-state index contributed by atoms with van der Waals surface area (Å²) in [5, 5.41) is 14.8. The number of benzene rings is 4. The van der Waals surface area contributed by atoms with Gasteiger partial charge < -0.3 is 29.1 Å². The van der Waals surface area contributed by atoms with E-state index in [1.54, 1.807) is 4.90 Å². The highest BCUT2D eigenvalue weighted by atomic mass is 79.9. The lowest BCUT2D eigenvalue weighted by Gasteiger charge is -2.42. The number of rotatable bonds is 6. The molecule has 4 heterocycles. The van der Waals surface area contributed by atoms with Crippen LogP contribution in [-0.2, 0) is 17.7 Å². The summed E-state index contributed by atoms with van der Waals surface area (Å²) in [7, 11) is 2.14. The molecule has 10 nitrogen and oxygen atoms in total. The van der Waals surface area contributed by atoms with Gasteiger partial charge in [0.15, 0.2) is 0 Å². The van der Waals surface area contributed by atoms with Crippen molar-refractivity contribution < 1.29 is 14.3 Å². The lowest BCUT2D eigenvalue weighted by Crippen LogP contribution is -2.56. The molecule has 2 fully saturated rings. The second-order valence-electron chi connectivity index (χ2n) is 16.5. The molecule has 57 heavy (non-hydrogen) atoms. The van der Waals surface area contributed by atoms with Crippen LogP contribution in [0.5, 0.6) is 6.01 Å². The standard InChI is InChI=1S/C35H45N7O3.C11H9Br/c1-24-9-6-10-25-11-7-13-30(31(24)25)40-18-15-28-29(22-40)37-33(44-23-27-12-8-17-39(27)5)38-32(28)41-19-20-42(26(21-41)14-16-36)34(43)45-35(2,3)4;1-8-4-2-5-9-6-3-7-10(12)11(8)9/h6-7,9-11,13,26-27H,8,12,14-15,17-23H2,1-5H3;2-7H,1H3/t26?,27-;/m0./s1. The van der Waals surface area contributed by atoms with Crippen molar-refractivity contribution in [3.63, 3.8) is 0 Å². The van der Waals surface area contributed by atoms with Crippen molar-refractivity contribution >= 4 is 55.1 Å². The first-order valence-electron chi connectivity index (χ1n) is 20.1. The van der Waals surface area contributed by atoms with Crippen LogP contribution in [0.2, 0.25) is 0 Å². The summed E-state index contributed by atoms with van der Waals surface area (Å²) in [6.07, 6.45) is 2.90. The predicted octanol–water partition coefficient (Wildman–Crippen LogP) is 9.22. The van der Waals surface area contributed by atoms with E-state index in [0.29, 0.717) is 44.8 Å². The highest BCUT2D eigenvalue weighted by Crippen LogP contribution is 2.36. The molecule has 1 amide bonds. The molecule has 0 radical (unpaired) electrons. The Bertz CT molecular complexity index is 2240. The smallest absolute Gasteiger partial charge is 0.410 e. The molecule has 298 valence electrons. The highest BCUT2D eigenvalue weighted by molar-refractivity contribution is 9.10. The average Bonchev–Trinajstić information content (AvgIpc) is 3.60. The van der Waals surface area contributed by atoms with Crippen molar-refractivity contribution in [2.45, 2.75) is 84.5 Å². The lowest BCUT2D eigenvalue weighted by molar-refractivity contribution is 0.0144. The van der Waals surface area contributed by atoms with Crippen molar-refractivity contribution in [2.75, 3.05) is 56.2 Å². The van der Waals surface area contributed by atoms with E-state index in [9.17, 15) is 10.1 Å². The molecule has 4 aromatic carbocycles. The summed E-state index contributed by atoms with van der Waals surface area (Å²) in [6.45, 7) is 14.5. The molecule has 2 saturated heterocycles. The molecule has 0 spiro atoms. The van der Waals surface area contributed by atoms with Gasteiger partial charge in [-0.15, -0.1) is 0 Å². The number of hydrogen-bond donors (Lipinski definition) is 0. The van der Waals surface area contributed by atoms with E-state index in [4.69, 9.17) is 19.4 Å². The summed E-state index contributed by atoms with van der Waals surface area (Å²) in [4.78, 5) is 31.8.